The van der Waals surface area contributed by atoms with E-state index in [1.54, 1.807) is 11.0 Å². The molecule has 11 heteroatoms. The van der Waals surface area contributed by atoms with Gasteiger partial charge in [-0.2, -0.15) is 0 Å². The molecule has 2 aromatic carbocycles. The second-order valence-corrected chi connectivity index (χ2v) is 9.39. The molecular formula is C25H20BrClF3N3O3. The maximum atomic E-state index is 13.2. The van der Waals surface area contributed by atoms with E-state index >= 15 is 0 Å². The SMILES string of the molecule is O=C(N[C@@H]1CCN(C(=O)c2cnc(Cl)c(Br)c2)C[C@@H]1c1ccccc1)c1ccccc1OC(F)(F)F. The normalized spacial score (nSPS) is 18.0. The van der Waals surface area contributed by atoms with Crippen LogP contribution in [0.3, 0.4) is 0 Å². The lowest BCUT2D eigenvalue weighted by atomic mass is 9.85. The van der Waals surface area contributed by atoms with Crippen LogP contribution in [0.25, 0.3) is 0 Å². The summed E-state index contributed by atoms with van der Waals surface area (Å²) in [6.07, 6.45) is -3.14. The van der Waals surface area contributed by atoms with Crippen molar-refractivity contribution in [3.05, 3.63) is 93.2 Å². The largest absolute Gasteiger partial charge is 0.573 e. The fraction of sp³-hybridized carbons (Fsp3) is 0.240. The summed E-state index contributed by atoms with van der Waals surface area (Å²) >= 11 is 9.22. The van der Waals surface area contributed by atoms with Crippen LogP contribution in [0, 0.1) is 0 Å². The number of halogens is 5. The smallest absolute Gasteiger partial charge is 0.405 e. The molecular weight excluding hydrogens is 563 g/mol. The number of piperidine rings is 1. The Kier molecular flexibility index (Phi) is 7.85. The molecule has 0 saturated carbocycles. The summed E-state index contributed by atoms with van der Waals surface area (Å²) in [6.45, 7) is 0.614. The van der Waals surface area contributed by atoms with Crippen molar-refractivity contribution in [1.82, 2.24) is 15.2 Å². The monoisotopic (exact) mass is 581 g/mol. The van der Waals surface area contributed by atoms with E-state index in [0.717, 1.165) is 11.6 Å². The maximum Gasteiger partial charge on any atom is 0.573 e. The van der Waals surface area contributed by atoms with Gasteiger partial charge in [0.05, 0.1) is 15.6 Å². The summed E-state index contributed by atoms with van der Waals surface area (Å²) in [7, 11) is 0. The van der Waals surface area contributed by atoms with Crippen molar-refractivity contribution in [1.29, 1.82) is 0 Å². The van der Waals surface area contributed by atoms with Crippen molar-refractivity contribution in [2.45, 2.75) is 24.7 Å². The molecule has 2 atom stereocenters. The van der Waals surface area contributed by atoms with Crippen LogP contribution in [0.2, 0.25) is 5.15 Å². The predicted molar refractivity (Wildman–Crippen MR) is 131 cm³/mol. The number of nitrogens with zero attached hydrogens (tertiary/aromatic N) is 2. The minimum atomic E-state index is -4.93. The Morgan fingerprint density at radius 2 is 1.81 bits per heavy atom. The zero-order chi connectivity index (χ0) is 25.9. The number of nitrogens with one attached hydrogen (secondary N) is 1. The molecule has 2 amide bonds. The molecule has 0 bridgehead atoms. The first-order valence-corrected chi connectivity index (χ1v) is 12.1. The number of ether oxygens (including phenoxy) is 1. The highest BCUT2D eigenvalue weighted by atomic mass is 79.9. The van der Waals surface area contributed by atoms with E-state index in [1.165, 1.54) is 24.4 Å². The van der Waals surface area contributed by atoms with Crippen molar-refractivity contribution >= 4 is 39.3 Å². The average Bonchev–Trinajstić information content (AvgIpc) is 2.85. The summed E-state index contributed by atoms with van der Waals surface area (Å²) in [6, 6.07) is 15.7. The van der Waals surface area contributed by atoms with E-state index in [0.29, 0.717) is 23.0 Å². The quantitative estimate of drug-likeness (QED) is 0.385. The molecule has 0 unspecified atom stereocenters. The Morgan fingerprint density at radius 3 is 2.50 bits per heavy atom. The van der Waals surface area contributed by atoms with Gasteiger partial charge >= 0.3 is 6.36 Å². The van der Waals surface area contributed by atoms with Gasteiger partial charge in [-0.3, -0.25) is 9.59 Å². The molecule has 1 saturated heterocycles. The first-order valence-electron chi connectivity index (χ1n) is 10.9. The fourth-order valence-electron chi connectivity index (χ4n) is 4.18. The van der Waals surface area contributed by atoms with Crippen LogP contribution in [0.5, 0.6) is 5.75 Å². The van der Waals surface area contributed by atoms with Crippen LogP contribution in [-0.2, 0) is 0 Å². The molecule has 4 rings (SSSR count). The molecule has 2 heterocycles. The first kappa shape index (κ1) is 26.0. The van der Waals surface area contributed by atoms with Crippen molar-refractivity contribution in [2.75, 3.05) is 13.1 Å². The van der Waals surface area contributed by atoms with Crippen LogP contribution in [-0.4, -0.2) is 47.2 Å². The number of carbonyl (C=O) groups is 2. The molecule has 1 N–H and O–H groups in total. The molecule has 1 aromatic heterocycles. The van der Waals surface area contributed by atoms with Crippen molar-refractivity contribution in [3.63, 3.8) is 0 Å². The van der Waals surface area contributed by atoms with Crippen molar-refractivity contribution in [2.24, 2.45) is 0 Å². The number of hydrogen-bond donors (Lipinski definition) is 1. The molecule has 6 nitrogen and oxygen atoms in total. The molecule has 0 aliphatic carbocycles. The van der Waals surface area contributed by atoms with E-state index in [-0.39, 0.29) is 29.1 Å². The van der Waals surface area contributed by atoms with Crippen molar-refractivity contribution in [3.8, 4) is 5.75 Å². The Balaban J connectivity index is 1.56. The van der Waals surface area contributed by atoms with E-state index in [1.807, 2.05) is 30.3 Å². The lowest BCUT2D eigenvalue weighted by Crippen LogP contribution is -2.51. The molecule has 36 heavy (non-hydrogen) atoms. The number of aromatic nitrogens is 1. The highest BCUT2D eigenvalue weighted by molar-refractivity contribution is 9.10. The lowest BCUT2D eigenvalue weighted by Gasteiger charge is -2.39. The highest BCUT2D eigenvalue weighted by Gasteiger charge is 2.36. The standard InChI is InChI=1S/C25H20BrClF3N3O3/c26-19-12-16(13-31-22(19)27)24(35)33-11-10-20(18(14-33)15-6-2-1-3-7-15)32-23(34)17-8-4-5-9-21(17)36-25(28,29)30/h1-9,12-13,18,20H,10-11,14H2,(H,32,34)/t18-,20-/m1/s1. The third-order valence-electron chi connectivity index (χ3n) is 5.84. The second-order valence-electron chi connectivity index (χ2n) is 8.18. The molecule has 1 aliphatic heterocycles. The minimum Gasteiger partial charge on any atom is -0.405 e. The molecule has 1 aliphatic rings. The molecule has 3 aromatic rings. The van der Waals surface area contributed by atoms with Gasteiger partial charge in [-0.25, -0.2) is 4.98 Å². The van der Waals surface area contributed by atoms with Crippen LogP contribution in [0.1, 0.15) is 38.6 Å². The topological polar surface area (TPSA) is 71.5 Å². The first-order chi connectivity index (χ1) is 17.1. The van der Waals surface area contributed by atoms with Gasteiger partial charge in [-0.05, 0) is 46.1 Å². The van der Waals surface area contributed by atoms with E-state index in [2.05, 4.69) is 31.0 Å². The molecule has 1 fully saturated rings. The number of pyridine rings is 1. The Morgan fingerprint density at radius 1 is 1.11 bits per heavy atom. The van der Waals surface area contributed by atoms with Gasteiger partial charge in [0.15, 0.2) is 0 Å². The number of hydrogen-bond acceptors (Lipinski definition) is 4. The van der Waals surface area contributed by atoms with Gasteiger partial charge in [-0.1, -0.05) is 54.1 Å². The zero-order valence-corrected chi connectivity index (χ0v) is 21.0. The maximum absolute atomic E-state index is 13.2. The van der Waals surface area contributed by atoms with Gasteiger partial charge in [-0.15, -0.1) is 13.2 Å². The van der Waals surface area contributed by atoms with Crippen LogP contribution >= 0.6 is 27.5 Å². The number of amides is 2. The summed E-state index contributed by atoms with van der Waals surface area (Å²) < 4.78 is 43.0. The highest BCUT2D eigenvalue weighted by Crippen LogP contribution is 2.31. The molecule has 0 spiro atoms. The predicted octanol–water partition coefficient (Wildman–Crippen LogP) is 5.82. The number of para-hydroxylation sites is 1. The third-order valence-corrected chi connectivity index (χ3v) is 6.98. The molecule has 188 valence electrons. The Hall–Kier alpha value is -3.11. The number of alkyl halides is 3. The average molecular weight is 583 g/mol. The number of rotatable bonds is 5. The van der Waals surface area contributed by atoms with Gasteiger partial charge in [0.2, 0.25) is 0 Å². The summed E-state index contributed by atoms with van der Waals surface area (Å²) in [5.74, 6) is -1.81. The van der Waals surface area contributed by atoms with E-state index in [9.17, 15) is 22.8 Å². The number of likely N-dealkylation sites (tertiary alicyclic amines) is 1. The van der Waals surface area contributed by atoms with Gasteiger partial charge in [0.25, 0.3) is 11.8 Å². The number of benzene rings is 2. The van der Waals surface area contributed by atoms with Crippen LogP contribution in [0.4, 0.5) is 13.2 Å². The molecule has 0 radical (unpaired) electrons. The van der Waals surface area contributed by atoms with Gasteiger partial charge in [0.1, 0.15) is 10.9 Å². The lowest BCUT2D eigenvalue weighted by molar-refractivity contribution is -0.274. The third kappa shape index (κ3) is 6.17. The summed E-state index contributed by atoms with van der Waals surface area (Å²) in [5.41, 5.74) is 1.02. The van der Waals surface area contributed by atoms with Gasteiger partial charge in [0, 0.05) is 31.2 Å². The summed E-state index contributed by atoms with van der Waals surface area (Å²) in [5, 5.41) is 3.10. The fourth-order valence-corrected chi connectivity index (χ4v) is 4.63. The second kappa shape index (κ2) is 10.9. The summed E-state index contributed by atoms with van der Waals surface area (Å²) in [4.78, 5) is 31.9. The minimum absolute atomic E-state index is 0.225. The van der Waals surface area contributed by atoms with E-state index < -0.39 is 24.1 Å². The van der Waals surface area contributed by atoms with Crippen LogP contribution < -0.4 is 10.1 Å². The zero-order valence-electron chi connectivity index (χ0n) is 18.6. The van der Waals surface area contributed by atoms with Crippen molar-refractivity contribution < 1.29 is 27.5 Å². The van der Waals surface area contributed by atoms with Gasteiger partial charge < -0.3 is 15.0 Å². The Bertz CT molecular complexity index is 1260. The van der Waals surface area contributed by atoms with Crippen LogP contribution in [0.15, 0.2) is 71.3 Å². The number of carbonyl (C=O) groups excluding carboxylic acids is 2. The Labute approximate surface area is 218 Å². The van der Waals surface area contributed by atoms with E-state index in [4.69, 9.17) is 11.6 Å².